The molecule has 8 heteroatoms. The minimum Gasteiger partial charge on any atom is -0.598 e. The highest BCUT2D eigenvalue weighted by molar-refractivity contribution is 7.90. The summed E-state index contributed by atoms with van der Waals surface area (Å²) in [4.78, 5) is 18.4. The van der Waals surface area contributed by atoms with Crippen molar-refractivity contribution in [3.63, 3.8) is 0 Å². The smallest absolute Gasteiger partial charge is 0.261 e. The van der Waals surface area contributed by atoms with Crippen LogP contribution in [-0.2, 0) is 16.1 Å². The first-order valence-electron chi connectivity index (χ1n) is 10.7. The largest absolute Gasteiger partial charge is 0.598 e. The van der Waals surface area contributed by atoms with Crippen LogP contribution in [0.25, 0.3) is 10.9 Å². The molecule has 0 amide bonds. The van der Waals surface area contributed by atoms with Crippen molar-refractivity contribution in [2.75, 3.05) is 13.2 Å². The number of nitrogens with one attached hydrogen (secondary N) is 1. The van der Waals surface area contributed by atoms with Crippen LogP contribution >= 0.6 is 0 Å². The van der Waals surface area contributed by atoms with Crippen molar-refractivity contribution >= 4 is 22.3 Å². The molecular formula is C22H30FN3O3S. The maximum Gasteiger partial charge on any atom is 0.261 e. The summed E-state index contributed by atoms with van der Waals surface area (Å²) >= 11 is -1.33. The van der Waals surface area contributed by atoms with E-state index in [2.05, 4.69) is 4.72 Å². The second-order valence-corrected chi connectivity index (χ2v) is 11.4. The summed E-state index contributed by atoms with van der Waals surface area (Å²) < 4.78 is 37.0. The molecule has 1 saturated heterocycles. The zero-order valence-corrected chi connectivity index (χ0v) is 18.9. The third-order valence-corrected chi connectivity index (χ3v) is 7.51. The SMILES string of the molecule is C[C@@H](N[S+]([O-])C(C)(C)C)c1cc(F)cc2c(=O)n(C3CC3)c(C3CCOCC3)nc12. The zero-order chi connectivity index (χ0) is 21.6. The van der Waals surface area contributed by atoms with E-state index < -0.39 is 28.0 Å². The van der Waals surface area contributed by atoms with Crippen LogP contribution in [-0.4, -0.2) is 32.1 Å². The topological polar surface area (TPSA) is 79.2 Å². The van der Waals surface area contributed by atoms with Crippen molar-refractivity contribution in [3.8, 4) is 0 Å². The van der Waals surface area contributed by atoms with E-state index in [0.717, 1.165) is 31.5 Å². The lowest BCUT2D eigenvalue weighted by molar-refractivity contribution is 0.0825. The first-order chi connectivity index (χ1) is 14.2. The molecular weight excluding hydrogens is 405 g/mol. The van der Waals surface area contributed by atoms with Gasteiger partial charge in [0.2, 0.25) is 0 Å². The van der Waals surface area contributed by atoms with E-state index in [0.29, 0.717) is 29.7 Å². The molecule has 2 aromatic rings. The lowest BCUT2D eigenvalue weighted by atomic mass is 9.97. The van der Waals surface area contributed by atoms with Gasteiger partial charge in [0.25, 0.3) is 5.56 Å². The van der Waals surface area contributed by atoms with Crippen LogP contribution in [0.5, 0.6) is 0 Å². The molecule has 1 aromatic heterocycles. The molecule has 164 valence electrons. The van der Waals surface area contributed by atoms with Gasteiger partial charge in [0.1, 0.15) is 16.4 Å². The Bertz CT molecular complexity index is 994. The fourth-order valence-corrected chi connectivity index (χ4v) is 4.77. The summed E-state index contributed by atoms with van der Waals surface area (Å²) in [5, 5.41) is 0.294. The normalized spacial score (nSPS) is 20.5. The number of halogens is 1. The van der Waals surface area contributed by atoms with E-state index in [4.69, 9.17) is 9.72 Å². The van der Waals surface area contributed by atoms with Crippen LogP contribution in [0.15, 0.2) is 16.9 Å². The number of rotatable bonds is 5. The molecule has 4 rings (SSSR count). The van der Waals surface area contributed by atoms with Crippen molar-refractivity contribution in [1.29, 1.82) is 0 Å². The van der Waals surface area contributed by atoms with E-state index in [-0.39, 0.29) is 17.5 Å². The van der Waals surface area contributed by atoms with Crippen molar-refractivity contribution in [2.24, 2.45) is 0 Å². The number of benzene rings is 1. The molecule has 2 heterocycles. The number of fused-ring (bicyclic) bond motifs is 1. The molecule has 1 aliphatic carbocycles. The number of aromatic nitrogens is 2. The lowest BCUT2D eigenvalue weighted by Crippen LogP contribution is -2.40. The Balaban J connectivity index is 1.85. The summed E-state index contributed by atoms with van der Waals surface area (Å²) in [6.07, 6.45) is 3.55. The third-order valence-electron chi connectivity index (χ3n) is 5.83. The van der Waals surface area contributed by atoms with Gasteiger partial charge in [-0.2, -0.15) is 0 Å². The predicted octanol–water partition coefficient (Wildman–Crippen LogP) is 3.88. The average molecular weight is 436 g/mol. The standard InChI is InChI=1S/C22H30FN3O3S/c1-13(25-30(28)22(2,3)4)17-11-15(23)12-18-19(17)24-20(14-7-9-29-10-8-14)26(21(18)27)16-5-6-16/h11-14,16,25H,5-10H2,1-4H3/t13-,30?/m1/s1. The lowest BCUT2D eigenvalue weighted by Gasteiger charge is -2.28. The molecule has 0 radical (unpaired) electrons. The summed E-state index contributed by atoms with van der Waals surface area (Å²) in [7, 11) is 0. The van der Waals surface area contributed by atoms with Crippen LogP contribution in [0.4, 0.5) is 4.39 Å². The van der Waals surface area contributed by atoms with Gasteiger partial charge < -0.3 is 9.29 Å². The van der Waals surface area contributed by atoms with E-state index in [1.807, 2.05) is 27.7 Å². The highest BCUT2D eigenvalue weighted by Crippen LogP contribution is 2.38. The predicted molar refractivity (Wildman–Crippen MR) is 116 cm³/mol. The van der Waals surface area contributed by atoms with E-state index in [1.165, 1.54) is 12.1 Å². The molecule has 2 aliphatic rings. The van der Waals surface area contributed by atoms with Crippen LogP contribution in [0.1, 0.15) is 82.8 Å². The summed E-state index contributed by atoms with van der Waals surface area (Å²) in [6, 6.07) is 2.42. The first kappa shape index (κ1) is 21.7. The molecule has 30 heavy (non-hydrogen) atoms. The van der Waals surface area contributed by atoms with Crippen LogP contribution in [0.2, 0.25) is 0 Å². The van der Waals surface area contributed by atoms with Crippen LogP contribution < -0.4 is 10.3 Å². The minimum atomic E-state index is -1.33. The Kier molecular flexibility index (Phi) is 5.96. The maximum atomic E-state index is 14.5. The Labute approximate surface area is 179 Å². The van der Waals surface area contributed by atoms with Gasteiger partial charge in [0.05, 0.1) is 16.9 Å². The second kappa shape index (κ2) is 8.22. The Morgan fingerprint density at radius 2 is 1.93 bits per heavy atom. The van der Waals surface area contributed by atoms with E-state index >= 15 is 0 Å². The van der Waals surface area contributed by atoms with Crippen molar-refractivity contribution in [1.82, 2.24) is 14.3 Å². The molecule has 2 atom stereocenters. The average Bonchev–Trinajstić information content (AvgIpc) is 3.52. The highest BCUT2D eigenvalue weighted by atomic mass is 32.2. The number of hydrogen-bond donors (Lipinski definition) is 1. The molecule has 1 N–H and O–H groups in total. The summed E-state index contributed by atoms with van der Waals surface area (Å²) in [5.41, 5.74) is 0.899. The van der Waals surface area contributed by atoms with E-state index in [1.54, 1.807) is 4.57 Å². The van der Waals surface area contributed by atoms with Gasteiger partial charge >= 0.3 is 0 Å². The Morgan fingerprint density at radius 1 is 1.27 bits per heavy atom. The van der Waals surface area contributed by atoms with Gasteiger partial charge in [-0.25, -0.2) is 9.37 Å². The quantitative estimate of drug-likeness (QED) is 0.721. The first-order valence-corrected chi connectivity index (χ1v) is 11.8. The summed E-state index contributed by atoms with van der Waals surface area (Å²) in [6.45, 7) is 8.77. The molecule has 6 nitrogen and oxygen atoms in total. The fourth-order valence-electron chi connectivity index (χ4n) is 3.97. The number of ether oxygens (including phenoxy) is 1. The molecule has 0 spiro atoms. The Hall–Kier alpha value is -1.48. The molecule has 1 aromatic carbocycles. The van der Waals surface area contributed by atoms with Crippen molar-refractivity contribution in [2.45, 2.75) is 76.1 Å². The van der Waals surface area contributed by atoms with Crippen LogP contribution in [0.3, 0.4) is 0 Å². The molecule has 1 unspecified atom stereocenters. The number of hydrogen-bond acceptors (Lipinski definition) is 5. The molecule has 1 saturated carbocycles. The maximum absolute atomic E-state index is 14.5. The fraction of sp³-hybridized carbons (Fsp3) is 0.636. The van der Waals surface area contributed by atoms with Gasteiger partial charge in [-0.1, -0.05) is 0 Å². The van der Waals surface area contributed by atoms with Gasteiger partial charge in [0.15, 0.2) is 0 Å². The Morgan fingerprint density at radius 3 is 2.53 bits per heavy atom. The van der Waals surface area contributed by atoms with Gasteiger partial charge in [-0.15, -0.1) is 4.72 Å². The van der Waals surface area contributed by atoms with Gasteiger partial charge in [-0.3, -0.25) is 9.36 Å². The third kappa shape index (κ3) is 4.28. The molecule has 2 fully saturated rings. The summed E-state index contributed by atoms with van der Waals surface area (Å²) in [5.74, 6) is 0.462. The highest BCUT2D eigenvalue weighted by Gasteiger charge is 2.33. The van der Waals surface area contributed by atoms with Gasteiger partial charge in [-0.05, 0) is 65.5 Å². The second-order valence-electron chi connectivity index (χ2n) is 9.37. The van der Waals surface area contributed by atoms with Crippen molar-refractivity contribution in [3.05, 3.63) is 39.7 Å². The minimum absolute atomic E-state index is 0.154. The van der Waals surface area contributed by atoms with Crippen molar-refractivity contribution < 1.29 is 13.7 Å². The molecule has 0 bridgehead atoms. The zero-order valence-electron chi connectivity index (χ0n) is 18.0. The van der Waals surface area contributed by atoms with Crippen LogP contribution in [0, 0.1) is 5.82 Å². The number of nitrogens with zero attached hydrogens (tertiary/aromatic N) is 2. The van der Waals surface area contributed by atoms with Gasteiger partial charge in [0, 0.05) is 42.1 Å². The molecule has 1 aliphatic heterocycles. The monoisotopic (exact) mass is 435 g/mol. The van der Waals surface area contributed by atoms with E-state index in [9.17, 15) is 13.7 Å².